The molecule has 0 aliphatic rings. The Hall–Kier alpha value is -1.16. The number of fused-ring (bicyclic) bond motifs is 1. The van der Waals surface area contributed by atoms with Gasteiger partial charge in [0.15, 0.2) is 5.82 Å². The first-order valence-corrected chi connectivity index (χ1v) is 5.16. The molecule has 0 aliphatic heterocycles. The summed E-state index contributed by atoms with van der Waals surface area (Å²) in [5.74, 6) is 1.31. The molecule has 0 radical (unpaired) electrons. The van der Waals surface area contributed by atoms with Crippen LogP contribution in [0.2, 0.25) is 5.15 Å². The van der Waals surface area contributed by atoms with Crippen molar-refractivity contribution in [2.24, 2.45) is 0 Å². The van der Waals surface area contributed by atoms with E-state index in [1.807, 2.05) is 6.92 Å². The van der Waals surface area contributed by atoms with Crippen LogP contribution in [0.15, 0.2) is 6.07 Å². The average molecular weight is 225 g/mol. The van der Waals surface area contributed by atoms with Crippen molar-refractivity contribution in [3.63, 3.8) is 0 Å². The average Bonchev–Trinajstić information content (AvgIpc) is 2.46. The van der Waals surface area contributed by atoms with Crippen molar-refractivity contribution in [2.45, 2.75) is 33.1 Å². The standard InChI is InChI=1S/C10H13ClN4/c1-6-5-7(11)15-9(12-6)13-8(14-15)10(2,3)4/h5H,1-4H3. The second kappa shape index (κ2) is 3.17. The molecule has 2 rings (SSSR count). The summed E-state index contributed by atoms with van der Waals surface area (Å²) in [5.41, 5.74) is 0.755. The van der Waals surface area contributed by atoms with Crippen LogP contribution in [0.25, 0.3) is 5.78 Å². The molecule has 0 amide bonds. The molecule has 2 aromatic rings. The normalized spacial score (nSPS) is 12.3. The predicted octanol–water partition coefficient (Wildman–Crippen LogP) is 2.38. The van der Waals surface area contributed by atoms with Crippen LogP contribution in [-0.2, 0) is 5.41 Å². The summed E-state index contributed by atoms with van der Waals surface area (Å²) in [7, 11) is 0. The van der Waals surface area contributed by atoms with E-state index in [4.69, 9.17) is 11.6 Å². The zero-order valence-corrected chi connectivity index (χ0v) is 10.0. The molecule has 0 unspecified atom stereocenters. The lowest BCUT2D eigenvalue weighted by Gasteiger charge is -2.11. The van der Waals surface area contributed by atoms with Gasteiger partial charge < -0.3 is 0 Å². The van der Waals surface area contributed by atoms with Gasteiger partial charge in [-0.2, -0.15) is 9.50 Å². The Morgan fingerprint density at radius 1 is 1.27 bits per heavy atom. The van der Waals surface area contributed by atoms with Crippen LogP contribution in [0.3, 0.4) is 0 Å². The van der Waals surface area contributed by atoms with E-state index < -0.39 is 0 Å². The number of rotatable bonds is 0. The number of aromatic nitrogens is 4. The second-order valence-corrected chi connectivity index (χ2v) is 5.00. The van der Waals surface area contributed by atoms with Crippen molar-refractivity contribution < 1.29 is 0 Å². The van der Waals surface area contributed by atoms with E-state index in [9.17, 15) is 0 Å². The van der Waals surface area contributed by atoms with Crippen molar-refractivity contribution in [1.82, 2.24) is 19.6 Å². The Balaban J connectivity index is 2.71. The lowest BCUT2D eigenvalue weighted by atomic mass is 9.96. The maximum Gasteiger partial charge on any atom is 0.254 e. The number of aryl methyl sites for hydroxylation is 1. The van der Waals surface area contributed by atoms with Gasteiger partial charge in [-0.25, -0.2) is 4.98 Å². The van der Waals surface area contributed by atoms with Gasteiger partial charge in [0.05, 0.1) is 0 Å². The quantitative estimate of drug-likeness (QED) is 0.646. The summed E-state index contributed by atoms with van der Waals surface area (Å²) < 4.78 is 1.56. The molecule has 4 nitrogen and oxygen atoms in total. The molecule has 0 saturated carbocycles. The monoisotopic (exact) mass is 224 g/mol. The molecule has 0 aliphatic carbocycles. The first-order chi connectivity index (χ1) is 6.88. The van der Waals surface area contributed by atoms with Crippen LogP contribution in [0.5, 0.6) is 0 Å². The number of hydrogen-bond acceptors (Lipinski definition) is 3. The smallest absolute Gasteiger partial charge is 0.216 e. The van der Waals surface area contributed by atoms with Gasteiger partial charge in [0.1, 0.15) is 5.15 Å². The van der Waals surface area contributed by atoms with Crippen LogP contribution < -0.4 is 0 Å². The van der Waals surface area contributed by atoms with Gasteiger partial charge in [0, 0.05) is 11.1 Å². The zero-order valence-electron chi connectivity index (χ0n) is 9.24. The van der Waals surface area contributed by atoms with Crippen molar-refractivity contribution in [3.8, 4) is 0 Å². The SMILES string of the molecule is Cc1cc(Cl)n2nc(C(C)(C)C)nc2n1. The summed E-state index contributed by atoms with van der Waals surface area (Å²) in [6, 6.07) is 1.77. The molecule has 5 heteroatoms. The molecule has 0 fully saturated rings. The number of hydrogen-bond donors (Lipinski definition) is 0. The Bertz CT molecular complexity index is 510. The molecule has 80 valence electrons. The third kappa shape index (κ3) is 1.81. The van der Waals surface area contributed by atoms with Crippen LogP contribution in [0, 0.1) is 6.92 Å². The number of nitrogens with zero attached hydrogens (tertiary/aromatic N) is 4. The van der Waals surface area contributed by atoms with Gasteiger partial charge in [0.25, 0.3) is 5.78 Å². The predicted molar refractivity (Wildman–Crippen MR) is 59.2 cm³/mol. The minimum atomic E-state index is -0.0923. The Kier molecular flexibility index (Phi) is 2.19. The van der Waals surface area contributed by atoms with E-state index in [0.717, 1.165) is 11.5 Å². The fourth-order valence-electron chi connectivity index (χ4n) is 1.26. The Morgan fingerprint density at radius 2 is 1.93 bits per heavy atom. The highest BCUT2D eigenvalue weighted by molar-refractivity contribution is 6.29. The number of halogens is 1. The van der Waals surface area contributed by atoms with Crippen molar-refractivity contribution in [2.75, 3.05) is 0 Å². The molecule has 2 heterocycles. The molecule has 0 saturated heterocycles. The molecule has 0 N–H and O–H groups in total. The fraction of sp³-hybridized carbons (Fsp3) is 0.500. The molecular formula is C10H13ClN4. The molecular weight excluding hydrogens is 212 g/mol. The summed E-state index contributed by atoms with van der Waals surface area (Å²) in [6.45, 7) is 8.06. The Labute approximate surface area is 93.3 Å². The van der Waals surface area contributed by atoms with Gasteiger partial charge in [-0.3, -0.25) is 0 Å². The first kappa shape index (κ1) is 10.4. The second-order valence-electron chi connectivity index (χ2n) is 4.62. The van der Waals surface area contributed by atoms with E-state index in [0.29, 0.717) is 10.9 Å². The molecule has 0 spiro atoms. The maximum absolute atomic E-state index is 6.05. The maximum atomic E-state index is 6.05. The zero-order chi connectivity index (χ0) is 11.2. The van der Waals surface area contributed by atoms with Crippen molar-refractivity contribution in [1.29, 1.82) is 0 Å². The lowest BCUT2D eigenvalue weighted by molar-refractivity contribution is 0.545. The highest BCUT2D eigenvalue weighted by Crippen LogP contribution is 2.20. The minimum absolute atomic E-state index is 0.0923. The fourth-order valence-corrected chi connectivity index (χ4v) is 1.53. The molecule has 0 aromatic carbocycles. The third-order valence-electron chi connectivity index (χ3n) is 2.07. The van der Waals surface area contributed by atoms with Gasteiger partial charge in [-0.05, 0) is 13.0 Å². The van der Waals surface area contributed by atoms with Crippen molar-refractivity contribution >= 4 is 17.4 Å². The molecule has 0 bridgehead atoms. The molecule has 2 aromatic heterocycles. The topological polar surface area (TPSA) is 43.1 Å². The minimum Gasteiger partial charge on any atom is -0.216 e. The van der Waals surface area contributed by atoms with Gasteiger partial charge in [0.2, 0.25) is 0 Å². The van der Waals surface area contributed by atoms with Gasteiger partial charge >= 0.3 is 0 Å². The van der Waals surface area contributed by atoms with E-state index in [-0.39, 0.29) is 5.41 Å². The van der Waals surface area contributed by atoms with E-state index >= 15 is 0 Å². The van der Waals surface area contributed by atoms with Gasteiger partial charge in [-0.15, -0.1) is 5.10 Å². The third-order valence-corrected chi connectivity index (χ3v) is 2.34. The van der Waals surface area contributed by atoms with E-state index in [2.05, 4.69) is 35.8 Å². The summed E-state index contributed by atoms with van der Waals surface area (Å²) in [4.78, 5) is 8.64. The van der Waals surface area contributed by atoms with Gasteiger partial charge in [-0.1, -0.05) is 32.4 Å². The van der Waals surface area contributed by atoms with Crippen LogP contribution in [-0.4, -0.2) is 19.6 Å². The van der Waals surface area contributed by atoms with Crippen LogP contribution in [0.4, 0.5) is 0 Å². The largest absolute Gasteiger partial charge is 0.254 e. The highest BCUT2D eigenvalue weighted by atomic mass is 35.5. The lowest BCUT2D eigenvalue weighted by Crippen LogP contribution is -2.13. The van der Waals surface area contributed by atoms with E-state index in [1.54, 1.807) is 10.6 Å². The molecule has 15 heavy (non-hydrogen) atoms. The van der Waals surface area contributed by atoms with Crippen LogP contribution >= 0.6 is 11.6 Å². The summed E-state index contributed by atoms with van der Waals surface area (Å²) in [5, 5.41) is 4.88. The Morgan fingerprint density at radius 3 is 2.53 bits per heavy atom. The summed E-state index contributed by atoms with van der Waals surface area (Å²) >= 11 is 6.05. The highest BCUT2D eigenvalue weighted by Gasteiger charge is 2.20. The van der Waals surface area contributed by atoms with Crippen LogP contribution in [0.1, 0.15) is 32.3 Å². The molecule has 0 atom stereocenters. The van der Waals surface area contributed by atoms with Crippen molar-refractivity contribution in [3.05, 3.63) is 22.7 Å². The summed E-state index contributed by atoms with van der Waals surface area (Å²) in [6.07, 6.45) is 0. The van der Waals surface area contributed by atoms with E-state index in [1.165, 1.54) is 0 Å². The first-order valence-electron chi connectivity index (χ1n) is 4.78.